The second-order valence-electron chi connectivity index (χ2n) is 7.34. The first-order chi connectivity index (χ1) is 17.2. The molecule has 0 aliphatic rings. The molecule has 10 nitrogen and oxygen atoms in total. The summed E-state index contributed by atoms with van der Waals surface area (Å²) in [6, 6.07) is 9.73. The average Bonchev–Trinajstić information content (AvgIpc) is 2.84. The van der Waals surface area contributed by atoms with Crippen molar-refractivity contribution in [3.05, 3.63) is 59.7 Å². The van der Waals surface area contributed by atoms with Crippen LogP contribution in [0.4, 0.5) is 4.79 Å². The van der Waals surface area contributed by atoms with Gasteiger partial charge in [-0.1, -0.05) is 24.3 Å². The molecule has 2 aromatic rings. The van der Waals surface area contributed by atoms with Crippen molar-refractivity contribution in [2.24, 2.45) is 5.73 Å². The van der Waals surface area contributed by atoms with Gasteiger partial charge in [0.2, 0.25) is 6.29 Å². The van der Waals surface area contributed by atoms with E-state index in [2.05, 4.69) is 4.74 Å². The number of ether oxygens (including phenoxy) is 5. The molecule has 0 aliphatic carbocycles. The Kier molecular flexibility index (Phi) is 11.0. The summed E-state index contributed by atoms with van der Waals surface area (Å²) in [5, 5.41) is 9.62. The number of primary amides is 1. The zero-order valence-electron chi connectivity index (χ0n) is 20.3. The van der Waals surface area contributed by atoms with Crippen molar-refractivity contribution >= 4 is 29.8 Å². The van der Waals surface area contributed by atoms with Gasteiger partial charge in [0, 0.05) is 0 Å². The van der Waals surface area contributed by atoms with Gasteiger partial charge in [-0.25, -0.2) is 4.79 Å². The quantitative estimate of drug-likeness (QED) is 0.173. The smallest absolute Gasteiger partial charge is 0.406 e. The van der Waals surface area contributed by atoms with E-state index in [9.17, 15) is 19.5 Å². The molecule has 192 valence electrons. The van der Waals surface area contributed by atoms with Crippen LogP contribution in [-0.4, -0.2) is 56.5 Å². The summed E-state index contributed by atoms with van der Waals surface area (Å²) >= 11 is 0. The topological polar surface area (TPSA) is 144 Å². The maximum Gasteiger partial charge on any atom is 0.406 e. The van der Waals surface area contributed by atoms with Gasteiger partial charge in [0.25, 0.3) is 0 Å². The molecule has 0 aromatic heterocycles. The Morgan fingerprint density at radius 2 is 1.47 bits per heavy atom. The van der Waals surface area contributed by atoms with E-state index < -0.39 is 12.4 Å². The number of aromatic hydroxyl groups is 1. The predicted molar refractivity (Wildman–Crippen MR) is 132 cm³/mol. The molecule has 2 aromatic carbocycles. The maximum atomic E-state index is 12.2. The Labute approximate surface area is 208 Å². The van der Waals surface area contributed by atoms with E-state index in [4.69, 9.17) is 24.7 Å². The van der Waals surface area contributed by atoms with E-state index in [0.717, 1.165) is 0 Å². The molecule has 0 aliphatic heterocycles. The zero-order valence-corrected chi connectivity index (χ0v) is 20.3. The summed E-state index contributed by atoms with van der Waals surface area (Å²) in [6.07, 6.45) is 3.72. The number of methoxy groups -OCH3 is 2. The van der Waals surface area contributed by atoms with Crippen molar-refractivity contribution in [1.82, 2.24) is 0 Å². The van der Waals surface area contributed by atoms with Crippen LogP contribution in [0.1, 0.15) is 24.5 Å². The molecule has 1 amide bonds. The number of allylic oxidation sites excluding steroid dienone is 2. The average molecular weight is 500 g/mol. The van der Waals surface area contributed by atoms with Crippen LogP contribution in [0.3, 0.4) is 0 Å². The molecule has 0 saturated heterocycles. The molecule has 0 spiro atoms. The molecule has 1 unspecified atom stereocenters. The molecule has 1 atom stereocenters. The lowest BCUT2D eigenvalue weighted by Gasteiger charge is -2.14. The first-order valence-electron chi connectivity index (χ1n) is 10.9. The largest absolute Gasteiger partial charge is 0.504 e. The number of phenols is 1. The lowest BCUT2D eigenvalue weighted by Crippen LogP contribution is -2.24. The number of hydrogen-bond acceptors (Lipinski definition) is 9. The van der Waals surface area contributed by atoms with Crippen LogP contribution in [0.5, 0.6) is 23.0 Å². The Morgan fingerprint density at radius 3 is 2.06 bits per heavy atom. The van der Waals surface area contributed by atoms with Gasteiger partial charge in [-0.15, -0.1) is 0 Å². The SMILES string of the molecule is COc1cc(/C=C/C(=O)CC(=O)/C=C/c2ccc(OCCOC(C)OC(N)=O)c(OC)c2)ccc1O. The minimum Gasteiger partial charge on any atom is -0.504 e. The van der Waals surface area contributed by atoms with Crippen LogP contribution in [0.15, 0.2) is 48.6 Å². The van der Waals surface area contributed by atoms with E-state index in [1.807, 2.05) is 0 Å². The van der Waals surface area contributed by atoms with Crippen LogP contribution in [0, 0.1) is 0 Å². The molecule has 0 fully saturated rings. The second kappa shape index (κ2) is 14.2. The fourth-order valence-electron chi connectivity index (χ4n) is 2.94. The summed E-state index contributed by atoms with van der Waals surface area (Å²) in [4.78, 5) is 35.0. The number of hydrogen-bond donors (Lipinski definition) is 2. The number of amides is 1. The highest BCUT2D eigenvalue weighted by molar-refractivity contribution is 6.10. The minimum absolute atomic E-state index is 0.00617. The molecule has 10 heteroatoms. The van der Waals surface area contributed by atoms with Gasteiger partial charge in [0.1, 0.15) is 6.61 Å². The van der Waals surface area contributed by atoms with Crippen molar-refractivity contribution < 1.29 is 43.2 Å². The van der Waals surface area contributed by atoms with Crippen molar-refractivity contribution in [2.45, 2.75) is 19.6 Å². The van der Waals surface area contributed by atoms with Gasteiger partial charge >= 0.3 is 6.09 Å². The number of benzene rings is 2. The third-order valence-corrected chi connectivity index (χ3v) is 4.64. The summed E-state index contributed by atoms with van der Waals surface area (Å²) < 4.78 is 25.9. The van der Waals surface area contributed by atoms with Crippen LogP contribution >= 0.6 is 0 Å². The Bertz CT molecular complexity index is 1120. The fourth-order valence-corrected chi connectivity index (χ4v) is 2.94. The molecule has 0 saturated carbocycles. The van der Waals surface area contributed by atoms with Gasteiger partial charge in [0.15, 0.2) is 34.6 Å². The molecule has 0 bridgehead atoms. The molecule has 0 heterocycles. The van der Waals surface area contributed by atoms with Crippen molar-refractivity contribution in [3.63, 3.8) is 0 Å². The highest BCUT2D eigenvalue weighted by Gasteiger charge is 2.09. The van der Waals surface area contributed by atoms with Crippen LogP contribution in [0.25, 0.3) is 12.2 Å². The number of nitrogens with two attached hydrogens (primary N) is 1. The Morgan fingerprint density at radius 1 is 0.889 bits per heavy atom. The van der Waals surface area contributed by atoms with Crippen molar-refractivity contribution in [3.8, 4) is 23.0 Å². The standard InChI is InChI=1S/C26H29NO9/c1-17(36-26(27)31)34-12-13-35-23-11-7-19(15-25(23)33-3)5-9-21(29)16-20(28)8-4-18-6-10-22(30)24(14-18)32-2/h4-11,14-15,17,30H,12-13,16H2,1-3H3,(H2,27,31)/b8-4+,9-5+. The van der Waals surface area contributed by atoms with E-state index in [1.54, 1.807) is 42.5 Å². The normalized spacial score (nSPS) is 11.9. The van der Waals surface area contributed by atoms with Gasteiger partial charge in [-0.05, 0) is 54.5 Å². The summed E-state index contributed by atoms with van der Waals surface area (Å²) in [6.45, 7) is 1.85. The molecule has 36 heavy (non-hydrogen) atoms. The monoisotopic (exact) mass is 499 g/mol. The molecule has 3 N–H and O–H groups in total. The van der Waals surface area contributed by atoms with Crippen LogP contribution in [0.2, 0.25) is 0 Å². The summed E-state index contributed by atoms with van der Waals surface area (Å²) in [7, 11) is 2.91. The van der Waals surface area contributed by atoms with Gasteiger partial charge in [0.05, 0.1) is 27.2 Å². The molecule has 2 rings (SSSR count). The first kappa shape index (κ1) is 27.9. The molecular formula is C26H29NO9. The van der Waals surface area contributed by atoms with E-state index in [0.29, 0.717) is 22.6 Å². The second-order valence-corrected chi connectivity index (χ2v) is 7.34. The Balaban J connectivity index is 1.87. The van der Waals surface area contributed by atoms with E-state index >= 15 is 0 Å². The predicted octanol–water partition coefficient (Wildman–Crippen LogP) is 3.50. The number of carbonyl (C=O) groups is 3. The summed E-state index contributed by atoms with van der Waals surface area (Å²) in [5.41, 5.74) is 6.23. The van der Waals surface area contributed by atoms with Crippen molar-refractivity contribution in [2.75, 3.05) is 27.4 Å². The van der Waals surface area contributed by atoms with Gasteiger partial charge in [-0.2, -0.15) is 0 Å². The number of carbonyl (C=O) groups excluding carboxylic acids is 3. The third kappa shape index (κ3) is 9.51. The van der Waals surface area contributed by atoms with Crippen LogP contribution < -0.4 is 19.9 Å². The third-order valence-electron chi connectivity index (χ3n) is 4.64. The fraction of sp³-hybridized carbons (Fsp3) is 0.269. The van der Waals surface area contributed by atoms with E-state index in [-0.39, 0.29) is 42.7 Å². The number of rotatable bonds is 14. The van der Waals surface area contributed by atoms with Gasteiger partial charge in [-0.3, -0.25) is 9.59 Å². The summed E-state index contributed by atoms with van der Waals surface area (Å²) in [5.74, 6) is 0.447. The highest BCUT2D eigenvalue weighted by atomic mass is 16.7. The first-order valence-corrected chi connectivity index (χ1v) is 10.9. The van der Waals surface area contributed by atoms with E-state index in [1.165, 1.54) is 39.4 Å². The zero-order chi connectivity index (χ0) is 26.5. The number of phenolic OH excluding ortho intramolecular Hbond substituents is 1. The lowest BCUT2D eigenvalue weighted by atomic mass is 10.1. The highest BCUT2D eigenvalue weighted by Crippen LogP contribution is 2.29. The van der Waals surface area contributed by atoms with Crippen molar-refractivity contribution in [1.29, 1.82) is 0 Å². The molecular weight excluding hydrogens is 470 g/mol. The molecule has 0 radical (unpaired) electrons. The van der Waals surface area contributed by atoms with Gasteiger partial charge < -0.3 is 34.5 Å². The minimum atomic E-state index is -0.928. The Hall–Kier alpha value is -4.31. The number of ketones is 2. The lowest BCUT2D eigenvalue weighted by molar-refractivity contribution is -0.121. The maximum absolute atomic E-state index is 12.2. The van der Waals surface area contributed by atoms with Crippen LogP contribution in [-0.2, 0) is 19.1 Å².